The van der Waals surface area contributed by atoms with Crippen LogP contribution in [-0.2, 0) is 14.3 Å². The van der Waals surface area contributed by atoms with Gasteiger partial charge in [-0.2, -0.15) is 0 Å². The van der Waals surface area contributed by atoms with Gasteiger partial charge in [0.2, 0.25) is 0 Å². The summed E-state index contributed by atoms with van der Waals surface area (Å²) in [6.07, 6.45) is 0.941. The van der Waals surface area contributed by atoms with Gasteiger partial charge in [0.15, 0.2) is 0 Å². The summed E-state index contributed by atoms with van der Waals surface area (Å²) in [6.45, 7) is 3.85. The van der Waals surface area contributed by atoms with Crippen LogP contribution in [0.1, 0.15) is 26.7 Å². The highest BCUT2D eigenvalue weighted by Crippen LogP contribution is 2.34. The summed E-state index contributed by atoms with van der Waals surface area (Å²) in [7, 11) is 1.29. The van der Waals surface area contributed by atoms with Gasteiger partial charge in [-0.15, -0.1) is 0 Å². The molecule has 1 aliphatic carbocycles. The zero-order valence-corrected chi connectivity index (χ0v) is 9.24. The van der Waals surface area contributed by atoms with E-state index in [1.54, 1.807) is 0 Å². The Bertz CT molecular complexity index is 317. The molecule has 0 aromatic carbocycles. The first-order valence-electron chi connectivity index (χ1n) is 4.93. The Kier molecular flexibility index (Phi) is 3.50. The van der Waals surface area contributed by atoms with Crippen molar-refractivity contribution in [2.24, 2.45) is 11.8 Å². The van der Waals surface area contributed by atoms with Crippen LogP contribution >= 0.6 is 0 Å². The van der Waals surface area contributed by atoms with Crippen molar-refractivity contribution in [1.82, 2.24) is 0 Å². The topological polar surface area (TPSA) is 63.6 Å². The van der Waals surface area contributed by atoms with Crippen LogP contribution in [0.15, 0.2) is 11.1 Å². The molecule has 4 heteroatoms. The van der Waals surface area contributed by atoms with Crippen LogP contribution in [0.2, 0.25) is 0 Å². The van der Waals surface area contributed by atoms with E-state index in [2.05, 4.69) is 4.74 Å². The van der Waals surface area contributed by atoms with Crippen molar-refractivity contribution >= 4 is 11.9 Å². The van der Waals surface area contributed by atoms with Gasteiger partial charge in [0.05, 0.1) is 18.9 Å². The molecule has 0 unspecified atom stereocenters. The van der Waals surface area contributed by atoms with E-state index in [0.717, 1.165) is 11.1 Å². The molecule has 0 radical (unpaired) electrons. The summed E-state index contributed by atoms with van der Waals surface area (Å²) in [6, 6.07) is 0. The number of carboxylic acids is 1. The van der Waals surface area contributed by atoms with Crippen molar-refractivity contribution in [2.75, 3.05) is 7.11 Å². The number of allylic oxidation sites excluding steroid dienone is 2. The number of ether oxygens (including phenoxy) is 1. The van der Waals surface area contributed by atoms with E-state index in [9.17, 15) is 9.59 Å². The monoisotopic (exact) mass is 212 g/mol. The second-order valence-corrected chi connectivity index (χ2v) is 4.04. The van der Waals surface area contributed by atoms with E-state index in [0.29, 0.717) is 12.8 Å². The summed E-state index contributed by atoms with van der Waals surface area (Å²) in [5.74, 6) is -2.51. The molecule has 0 saturated carbocycles. The Hall–Kier alpha value is -1.32. The lowest BCUT2D eigenvalue weighted by molar-refractivity contribution is -0.156. The molecule has 1 aliphatic rings. The average molecular weight is 212 g/mol. The predicted molar refractivity (Wildman–Crippen MR) is 54.2 cm³/mol. The van der Waals surface area contributed by atoms with Crippen molar-refractivity contribution < 1.29 is 19.4 Å². The molecule has 0 aromatic rings. The van der Waals surface area contributed by atoms with Crippen LogP contribution in [0.25, 0.3) is 0 Å². The lowest BCUT2D eigenvalue weighted by Crippen LogP contribution is -2.33. The van der Waals surface area contributed by atoms with Crippen LogP contribution in [0.5, 0.6) is 0 Å². The number of aliphatic carboxylic acids is 1. The van der Waals surface area contributed by atoms with Crippen LogP contribution in [0.4, 0.5) is 0 Å². The van der Waals surface area contributed by atoms with Gasteiger partial charge in [0.25, 0.3) is 0 Å². The molecule has 1 rings (SSSR count). The first-order valence-corrected chi connectivity index (χ1v) is 4.93. The molecule has 0 aromatic heterocycles. The molecule has 0 spiro atoms. The SMILES string of the molecule is COC(=O)[C@@H]1CC(C)=C(C)C[C@@H]1C(=O)O. The van der Waals surface area contributed by atoms with Crippen molar-refractivity contribution in [1.29, 1.82) is 0 Å². The molecule has 0 aliphatic heterocycles. The van der Waals surface area contributed by atoms with E-state index in [4.69, 9.17) is 5.11 Å². The minimum absolute atomic E-state index is 0.422. The number of carboxylic acid groups (broad SMARTS) is 1. The fraction of sp³-hybridized carbons (Fsp3) is 0.636. The Balaban J connectivity index is 2.94. The molecule has 0 bridgehead atoms. The maximum absolute atomic E-state index is 11.4. The van der Waals surface area contributed by atoms with E-state index >= 15 is 0 Å². The summed E-state index contributed by atoms with van der Waals surface area (Å²) >= 11 is 0. The van der Waals surface area contributed by atoms with Crippen molar-refractivity contribution in [3.63, 3.8) is 0 Å². The molecule has 4 nitrogen and oxygen atoms in total. The number of carbonyl (C=O) groups is 2. The zero-order chi connectivity index (χ0) is 11.6. The third kappa shape index (κ3) is 2.37. The van der Waals surface area contributed by atoms with Gasteiger partial charge < -0.3 is 9.84 Å². The fourth-order valence-electron chi connectivity index (χ4n) is 1.95. The quantitative estimate of drug-likeness (QED) is 0.558. The minimum atomic E-state index is -0.919. The summed E-state index contributed by atoms with van der Waals surface area (Å²) in [4.78, 5) is 22.4. The van der Waals surface area contributed by atoms with E-state index in [1.165, 1.54) is 7.11 Å². The fourth-order valence-corrected chi connectivity index (χ4v) is 1.95. The highest BCUT2D eigenvalue weighted by molar-refractivity contribution is 5.82. The molecule has 0 amide bonds. The molecular weight excluding hydrogens is 196 g/mol. The maximum Gasteiger partial charge on any atom is 0.309 e. The molecule has 1 N–H and O–H groups in total. The third-order valence-corrected chi connectivity index (χ3v) is 3.09. The second kappa shape index (κ2) is 4.47. The third-order valence-electron chi connectivity index (χ3n) is 3.09. The highest BCUT2D eigenvalue weighted by Gasteiger charge is 2.37. The van der Waals surface area contributed by atoms with Crippen molar-refractivity contribution in [2.45, 2.75) is 26.7 Å². The normalized spacial score (nSPS) is 26.3. The standard InChI is InChI=1S/C11H16O4/c1-6-4-8(10(12)13)9(5-7(6)2)11(14)15-3/h8-9H,4-5H2,1-3H3,(H,12,13)/t8-,9+/m0/s1. The highest BCUT2D eigenvalue weighted by atomic mass is 16.5. The van der Waals surface area contributed by atoms with Crippen molar-refractivity contribution in [3.8, 4) is 0 Å². The summed E-state index contributed by atoms with van der Waals surface area (Å²) in [5, 5.41) is 9.03. The number of carbonyl (C=O) groups excluding carboxylic acids is 1. The van der Waals surface area contributed by atoms with Crippen LogP contribution in [0.3, 0.4) is 0 Å². The number of hydrogen-bond donors (Lipinski definition) is 1. The largest absolute Gasteiger partial charge is 0.481 e. The van der Waals surface area contributed by atoms with Gasteiger partial charge in [-0.05, 0) is 26.7 Å². The van der Waals surface area contributed by atoms with Gasteiger partial charge in [0.1, 0.15) is 0 Å². The lowest BCUT2D eigenvalue weighted by atomic mass is 9.76. The lowest BCUT2D eigenvalue weighted by Gasteiger charge is -2.28. The number of esters is 1. The second-order valence-electron chi connectivity index (χ2n) is 4.04. The van der Waals surface area contributed by atoms with E-state index in [1.807, 2.05) is 13.8 Å². The Morgan fingerprint density at radius 1 is 1.20 bits per heavy atom. The van der Waals surface area contributed by atoms with Gasteiger partial charge in [0, 0.05) is 0 Å². The van der Waals surface area contributed by atoms with Crippen LogP contribution < -0.4 is 0 Å². The average Bonchev–Trinajstić information content (AvgIpc) is 2.20. The number of rotatable bonds is 2. The molecular formula is C11H16O4. The van der Waals surface area contributed by atoms with Gasteiger partial charge >= 0.3 is 11.9 Å². The Morgan fingerprint density at radius 2 is 1.67 bits per heavy atom. The smallest absolute Gasteiger partial charge is 0.309 e. The molecule has 15 heavy (non-hydrogen) atoms. The molecule has 0 heterocycles. The Labute approximate surface area is 88.9 Å². The summed E-state index contributed by atoms with van der Waals surface area (Å²) < 4.78 is 4.63. The Morgan fingerprint density at radius 3 is 2.07 bits per heavy atom. The first kappa shape index (κ1) is 11.8. The van der Waals surface area contributed by atoms with Crippen molar-refractivity contribution in [3.05, 3.63) is 11.1 Å². The van der Waals surface area contributed by atoms with E-state index < -0.39 is 23.8 Å². The molecule has 0 fully saturated rings. The van der Waals surface area contributed by atoms with E-state index in [-0.39, 0.29) is 0 Å². The zero-order valence-electron chi connectivity index (χ0n) is 9.24. The minimum Gasteiger partial charge on any atom is -0.481 e. The molecule has 0 saturated heterocycles. The molecule has 2 atom stereocenters. The van der Waals surface area contributed by atoms with Gasteiger partial charge in [-0.1, -0.05) is 11.1 Å². The van der Waals surface area contributed by atoms with Gasteiger partial charge in [-0.3, -0.25) is 9.59 Å². The summed E-state index contributed by atoms with van der Waals surface area (Å²) in [5.41, 5.74) is 2.17. The number of hydrogen-bond acceptors (Lipinski definition) is 3. The molecule has 84 valence electrons. The van der Waals surface area contributed by atoms with Crippen LogP contribution in [-0.4, -0.2) is 24.2 Å². The predicted octanol–water partition coefficient (Wildman–Crippen LogP) is 1.61. The number of methoxy groups -OCH3 is 1. The first-order chi connectivity index (χ1) is 6.97. The van der Waals surface area contributed by atoms with Gasteiger partial charge in [-0.25, -0.2) is 0 Å². The van der Waals surface area contributed by atoms with Crippen LogP contribution in [0, 0.1) is 11.8 Å². The maximum atomic E-state index is 11.4.